The smallest absolute Gasteiger partial charge is 0.237 e. The number of nitrogens with one attached hydrogen (secondary N) is 1. The summed E-state index contributed by atoms with van der Waals surface area (Å²) < 4.78 is 5.51. The molecule has 0 aromatic carbocycles. The SMILES string of the molecule is CC(C)NC(C)(CCN(C)CCOC(C)C)C(N)=O. The molecule has 114 valence electrons. The number of rotatable bonds is 10. The van der Waals surface area contributed by atoms with Gasteiger partial charge < -0.3 is 20.7 Å². The zero-order chi connectivity index (χ0) is 15.1. The first kappa shape index (κ1) is 18.4. The molecule has 0 aliphatic carbocycles. The molecule has 0 aliphatic rings. The van der Waals surface area contributed by atoms with Crippen molar-refractivity contribution in [3.8, 4) is 0 Å². The van der Waals surface area contributed by atoms with Crippen LogP contribution in [0.25, 0.3) is 0 Å². The van der Waals surface area contributed by atoms with Gasteiger partial charge in [0.05, 0.1) is 18.2 Å². The van der Waals surface area contributed by atoms with E-state index in [1.807, 2.05) is 41.7 Å². The van der Waals surface area contributed by atoms with E-state index in [1.165, 1.54) is 0 Å². The molecule has 0 bridgehead atoms. The van der Waals surface area contributed by atoms with Crippen molar-refractivity contribution in [1.29, 1.82) is 0 Å². The number of hydrogen-bond donors (Lipinski definition) is 2. The molecule has 0 saturated heterocycles. The van der Waals surface area contributed by atoms with Crippen molar-refractivity contribution in [2.24, 2.45) is 5.73 Å². The Balaban J connectivity index is 4.14. The Morgan fingerprint density at radius 1 is 1.32 bits per heavy atom. The molecule has 0 heterocycles. The fourth-order valence-corrected chi connectivity index (χ4v) is 1.87. The molecular weight excluding hydrogens is 242 g/mol. The van der Waals surface area contributed by atoms with Gasteiger partial charge in [-0.25, -0.2) is 0 Å². The van der Waals surface area contributed by atoms with Crippen LogP contribution in [0.2, 0.25) is 0 Å². The van der Waals surface area contributed by atoms with Gasteiger partial charge in [-0.15, -0.1) is 0 Å². The molecule has 0 saturated carbocycles. The van der Waals surface area contributed by atoms with Crippen molar-refractivity contribution in [1.82, 2.24) is 10.2 Å². The summed E-state index contributed by atoms with van der Waals surface area (Å²) in [6.07, 6.45) is 0.950. The van der Waals surface area contributed by atoms with Gasteiger partial charge in [0.1, 0.15) is 0 Å². The summed E-state index contributed by atoms with van der Waals surface area (Å²) in [5.41, 5.74) is 4.85. The maximum Gasteiger partial charge on any atom is 0.237 e. The molecule has 0 fully saturated rings. The average molecular weight is 273 g/mol. The fraction of sp³-hybridized carbons (Fsp3) is 0.929. The van der Waals surface area contributed by atoms with Crippen molar-refractivity contribution >= 4 is 5.91 Å². The number of nitrogens with two attached hydrogens (primary N) is 1. The average Bonchev–Trinajstić information content (AvgIpc) is 2.24. The third-order valence-electron chi connectivity index (χ3n) is 3.07. The second-order valence-corrected chi connectivity index (χ2v) is 5.97. The molecule has 5 heteroatoms. The molecule has 0 rings (SSSR count). The van der Waals surface area contributed by atoms with Crippen LogP contribution in [0.1, 0.15) is 41.0 Å². The predicted molar refractivity (Wildman–Crippen MR) is 79.1 cm³/mol. The third-order valence-corrected chi connectivity index (χ3v) is 3.07. The number of likely N-dealkylation sites (N-methyl/N-ethyl adjacent to an activating group) is 1. The lowest BCUT2D eigenvalue weighted by molar-refractivity contribution is -0.124. The van der Waals surface area contributed by atoms with Gasteiger partial charge >= 0.3 is 0 Å². The number of carbonyl (C=O) groups is 1. The van der Waals surface area contributed by atoms with E-state index in [1.54, 1.807) is 0 Å². The monoisotopic (exact) mass is 273 g/mol. The molecule has 19 heavy (non-hydrogen) atoms. The standard InChI is InChI=1S/C14H31N3O2/c1-11(2)16-14(5,13(15)18)7-8-17(6)9-10-19-12(3)4/h11-12,16H,7-10H2,1-6H3,(H2,15,18). The summed E-state index contributed by atoms with van der Waals surface area (Å²) in [4.78, 5) is 13.7. The Morgan fingerprint density at radius 3 is 2.32 bits per heavy atom. The number of amides is 1. The third kappa shape index (κ3) is 8.18. The number of hydrogen-bond acceptors (Lipinski definition) is 4. The van der Waals surface area contributed by atoms with Crippen LogP contribution in [0.5, 0.6) is 0 Å². The lowest BCUT2D eigenvalue weighted by atomic mass is 9.95. The van der Waals surface area contributed by atoms with E-state index < -0.39 is 5.54 Å². The van der Waals surface area contributed by atoms with E-state index in [4.69, 9.17) is 10.5 Å². The van der Waals surface area contributed by atoms with Gasteiger partial charge in [-0.3, -0.25) is 4.79 Å². The van der Waals surface area contributed by atoms with Crippen molar-refractivity contribution in [3.05, 3.63) is 0 Å². The summed E-state index contributed by atoms with van der Waals surface area (Å²) in [6, 6.07) is 0.229. The lowest BCUT2D eigenvalue weighted by Gasteiger charge is -2.31. The van der Waals surface area contributed by atoms with Crippen molar-refractivity contribution in [3.63, 3.8) is 0 Å². The van der Waals surface area contributed by atoms with Crippen LogP contribution in [0.3, 0.4) is 0 Å². The van der Waals surface area contributed by atoms with Crippen LogP contribution in [-0.2, 0) is 9.53 Å². The van der Waals surface area contributed by atoms with E-state index >= 15 is 0 Å². The summed E-state index contributed by atoms with van der Waals surface area (Å²) in [5.74, 6) is -0.298. The zero-order valence-electron chi connectivity index (χ0n) is 13.3. The van der Waals surface area contributed by atoms with Crippen molar-refractivity contribution in [2.75, 3.05) is 26.7 Å². The van der Waals surface area contributed by atoms with Gasteiger partial charge in [0.2, 0.25) is 5.91 Å². The molecule has 0 aromatic rings. The van der Waals surface area contributed by atoms with Crippen molar-refractivity contribution < 1.29 is 9.53 Å². The fourth-order valence-electron chi connectivity index (χ4n) is 1.87. The highest BCUT2D eigenvalue weighted by Gasteiger charge is 2.31. The second kappa shape index (κ2) is 8.51. The van der Waals surface area contributed by atoms with E-state index in [0.717, 1.165) is 13.1 Å². The molecule has 0 aromatic heterocycles. The molecule has 3 N–H and O–H groups in total. The van der Waals surface area contributed by atoms with Gasteiger partial charge in [0, 0.05) is 19.1 Å². The van der Waals surface area contributed by atoms with Crippen LogP contribution < -0.4 is 11.1 Å². The van der Waals surface area contributed by atoms with Crippen LogP contribution in [0, 0.1) is 0 Å². The van der Waals surface area contributed by atoms with Crippen LogP contribution in [0.4, 0.5) is 0 Å². The van der Waals surface area contributed by atoms with E-state index in [0.29, 0.717) is 13.0 Å². The maximum atomic E-state index is 11.6. The highest BCUT2D eigenvalue weighted by Crippen LogP contribution is 2.11. The second-order valence-electron chi connectivity index (χ2n) is 5.97. The van der Waals surface area contributed by atoms with E-state index in [9.17, 15) is 4.79 Å². The minimum absolute atomic E-state index is 0.229. The Hall–Kier alpha value is -0.650. The predicted octanol–water partition coefficient (Wildman–Crippen LogP) is 0.975. The van der Waals surface area contributed by atoms with Gasteiger partial charge in [-0.05, 0) is 48.1 Å². The molecule has 0 aliphatic heterocycles. The van der Waals surface area contributed by atoms with Gasteiger partial charge in [0.25, 0.3) is 0 Å². The number of ether oxygens (including phenoxy) is 1. The topological polar surface area (TPSA) is 67.6 Å². The first-order valence-corrected chi connectivity index (χ1v) is 7.05. The van der Waals surface area contributed by atoms with Gasteiger partial charge in [-0.2, -0.15) is 0 Å². The highest BCUT2D eigenvalue weighted by molar-refractivity contribution is 5.84. The Morgan fingerprint density at radius 2 is 1.89 bits per heavy atom. The lowest BCUT2D eigenvalue weighted by Crippen LogP contribution is -2.56. The molecular formula is C14H31N3O2. The van der Waals surface area contributed by atoms with Gasteiger partial charge in [0.15, 0.2) is 0 Å². The van der Waals surface area contributed by atoms with Crippen LogP contribution >= 0.6 is 0 Å². The normalized spacial score (nSPS) is 15.2. The molecule has 1 amide bonds. The first-order chi connectivity index (χ1) is 8.67. The largest absolute Gasteiger partial charge is 0.377 e. The van der Waals surface area contributed by atoms with Crippen LogP contribution in [0.15, 0.2) is 0 Å². The molecule has 0 radical (unpaired) electrons. The van der Waals surface area contributed by atoms with Gasteiger partial charge in [-0.1, -0.05) is 0 Å². The highest BCUT2D eigenvalue weighted by atomic mass is 16.5. The minimum atomic E-state index is -0.651. The number of carbonyl (C=O) groups excluding carboxylic acids is 1. The summed E-state index contributed by atoms with van der Waals surface area (Å²) in [6.45, 7) is 12.3. The first-order valence-electron chi connectivity index (χ1n) is 7.05. The maximum absolute atomic E-state index is 11.6. The molecule has 5 nitrogen and oxygen atoms in total. The van der Waals surface area contributed by atoms with Crippen molar-refractivity contribution in [2.45, 2.75) is 58.7 Å². The molecule has 1 unspecified atom stereocenters. The zero-order valence-corrected chi connectivity index (χ0v) is 13.3. The van der Waals surface area contributed by atoms with Crippen LogP contribution in [-0.4, -0.2) is 55.2 Å². The molecule has 0 spiro atoms. The molecule has 1 atom stereocenters. The summed E-state index contributed by atoms with van der Waals surface area (Å²) in [7, 11) is 2.03. The van der Waals surface area contributed by atoms with E-state index in [-0.39, 0.29) is 18.1 Å². The summed E-state index contributed by atoms with van der Waals surface area (Å²) in [5, 5.41) is 3.25. The number of nitrogens with zero attached hydrogens (tertiary/aromatic N) is 1. The Labute approximate surface area is 117 Å². The Bertz CT molecular complexity index is 269. The Kier molecular flexibility index (Phi) is 8.22. The number of primary amides is 1. The minimum Gasteiger partial charge on any atom is -0.377 e. The summed E-state index contributed by atoms with van der Waals surface area (Å²) >= 11 is 0. The van der Waals surface area contributed by atoms with E-state index in [2.05, 4.69) is 10.2 Å². The quantitative estimate of drug-likeness (QED) is 0.622.